The van der Waals surface area contributed by atoms with E-state index in [9.17, 15) is 0 Å². The van der Waals surface area contributed by atoms with Gasteiger partial charge in [-0.05, 0) is 32.0 Å². The Labute approximate surface area is 104 Å². The SMILES string of the molecule is CC#CCC(NCC)c1ccc(C)cc1OC. The van der Waals surface area contributed by atoms with E-state index in [4.69, 9.17) is 4.74 Å². The molecule has 0 fully saturated rings. The number of hydrogen-bond acceptors (Lipinski definition) is 2. The van der Waals surface area contributed by atoms with Crippen LogP contribution in [0.25, 0.3) is 0 Å². The second-order valence-corrected chi connectivity index (χ2v) is 3.99. The zero-order chi connectivity index (χ0) is 12.7. The van der Waals surface area contributed by atoms with Crippen LogP contribution in [0.2, 0.25) is 0 Å². The maximum absolute atomic E-state index is 5.45. The molecule has 1 aromatic carbocycles. The van der Waals surface area contributed by atoms with E-state index in [1.165, 1.54) is 11.1 Å². The molecule has 17 heavy (non-hydrogen) atoms. The van der Waals surface area contributed by atoms with Gasteiger partial charge in [0.1, 0.15) is 5.75 Å². The molecule has 1 aromatic rings. The van der Waals surface area contributed by atoms with E-state index >= 15 is 0 Å². The maximum atomic E-state index is 5.45. The summed E-state index contributed by atoms with van der Waals surface area (Å²) in [5.74, 6) is 7.01. The highest BCUT2D eigenvalue weighted by molar-refractivity contribution is 5.39. The minimum Gasteiger partial charge on any atom is -0.496 e. The van der Waals surface area contributed by atoms with Crippen LogP contribution in [0.1, 0.15) is 37.4 Å². The summed E-state index contributed by atoms with van der Waals surface area (Å²) in [5, 5.41) is 3.45. The molecule has 0 saturated heterocycles. The van der Waals surface area contributed by atoms with E-state index in [0.29, 0.717) is 0 Å². The fourth-order valence-electron chi connectivity index (χ4n) is 1.85. The fraction of sp³-hybridized carbons (Fsp3) is 0.467. The van der Waals surface area contributed by atoms with Crippen molar-refractivity contribution in [3.63, 3.8) is 0 Å². The van der Waals surface area contributed by atoms with Gasteiger partial charge in [0, 0.05) is 18.0 Å². The Kier molecular flexibility index (Phi) is 5.59. The van der Waals surface area contributed by atoms with Gasteiger partial charge in [-0.25, -0.2) is 0 Å². The molecule has 0 amide bonds. The Bertz CT molecular complexity index is 415. The third kappa shape index (κ3) is 3.80. The molecular formula is C15H21NO. The largest absolute Gasteiger partial charge is 0.496 e. The number of rotatable bonds is 5. The van der Waals surface area contributed by atoms with E-state index < -0.39 is 0 Å². The highest BCUT2D eigenvalue weighted by Crippen LogP contribution is 2.28. The number of hydrogen-bond donors (Lipinski definition) is 1. The van der Waals surface area contributed by atoms with Gasteiger partial charge in [0.2, 0.25) is 0 Å². The maximum Gasteiger partial charge on any atom is 0.123 e. The lowest BCUT2D eigenvalue weighted by Crippen LogP contribution is -2.21. The number of aryl methyl sites for hydroxylation is 1. The van der Waals surface area contributed by atoms with Crippen molar-refractivity contribution < 1.29 is 4.74 Å². The lowest BCUT2D eigenvalue weighted by Gasteiger charge is -2.19. The Morgan fingerprint density at radius 2 is 2.18 bits per heavy atom. The molecule has 1 N–H and O–H groups in total. The first kappa shape index (κ1) is 13.6. The minimum atomic E-state index is 0.239. The van der Waals surface area contributed by atoms with Gasteiger partial charge < -0.3 is 10.1 Å². The molecule has 0 aliphatic carbocycles. The van der Waals surface area contributed by atoms with Gasteiger partial charge in [-0.2, -0.15) is 0 Å². The second-order valence-electron chi connectivity index (χ2n) is 3.99. The molecule has 1 unspecified atom stereocenters. The van der Waals surface area contributed by atoms with Crippen LogP contribution in [0.15, 0.2) is 18.2 Å². The summed E-state index contributed by atoms with van der Waals surface area (Å²) in [6, 6.07) is 6.54. The number of ether oxygens (including phenoxy) is 1. The third-order valence-electron chi connectivity index (χ3n) is 2.70. The molecule has 0 radical (unpaired) electrons. The summed E-state index contributed by atoms with van der Waals surface area (Å²) in [4.78, 5) is 0. The second kappa shape index (κ2) is 6.98. The molecule has 0 aromatic heterocycles. The summed E-state index contributed by atoms with van der Waals surface area (Å²) in [6.07, 6.45) is 0.809. The van der Waals surface area contributed by atoms with E-state index in [1.807, 2.05) is 6.92 Å². The van der Waals surface area contributed by atoms with Crippen molar-refractivity contribution in [2.75, 3.05) is 13.7 Å². The Hall–Kier alpha value is -1.46. The first-order valence-electron chi connectivity index (χ1n) is 6.00. The Morgan fingerprint density at radius 1 is 1.41 bits per heavy atom. The zero-order valence-corrected chi connectivity index (χ0v) is 11.1. The highest BCUT2D eigenvalue weighted by atomic mass is 16.5. The van der Waals surface area contributed by atoms with Crippen LogP contribution in [0.4, 0.5) is 0 Å². The van der Waals surface area contributed by atoms with Crippen LogP contribution in [-0.2, 0) is 0 Å². The van der Waals surface area contributed by atoms with Gasteiger partial charge in [-0.15, -0.1) is 11.8 Å². The average molecular weight is 231 g/mol. The zero-order valence-electron chi connectivity index (χ0n) is 11.1. The van der Waals surface area contributed by atoms with Crippen LogP contribution < -0.4 is 10.1 Å². The molecule has 0 spiro atoms. The molecule has 2 heteroatoms. The Morgan fingerprint density at radius 3 is 2.76 bits per heavy atom. The molecule has 2 nitrogen and oxygen atoms in total. The third-order valence-corrected chi connectivity index (χ3v) is 2.70. The van der Waals surface area contributed by atoms with Gasteiger partial charge in [-0.3, -0.25) is 0 Å². The van der Waals surface area contributed by atoms with Gasteiger partial charge in [-0.1, -0.05) is 19.1 Å². The summed E-state index contributed by atoms with van der Waals surface area (Å²) in [7, 11) is 1.72. The van der Waals surface area contributed by atoms with E-state index in [1.54, 1.807) is 7.11 Å². The number of nitrogens with one attached hydrogen (secondary N) is 1. The molecule has 1 atom stereocenters. The lowest BCUT2D eigenvalue weighted by atomic mass is 10.0. The first-order valence-corrected chi connectivity index (χ1v) is 6.00. The quantitative estimate of drug-likeness (QED) is 0.786. The molecule has 0 aliphatic heterocycles. The first-order chi connectivity index (χ1) is 8.22. The topological polar surface area (TPSA) is 21.3 Å². The molecule has 0 aliphatic rings. The molecule has 0 heterocycles. The number of methoxy groups -OCH3 is 1. The fourth-order valence-corrected chi connectivity index (χ4v) is 1.85. The average Bonchev–Trinajstić information content (AvgIpc) is 2.34. The van der Waals surface area contributed by atoms with E-state index in [-0.39, 0.29) is 6.04 Å². The monoisotopic (exact) mass is 231 g/mol. The minimum absolute atomic E-state index is 0.239. The smallest absolute Gasteiger partial charge is 0.123 e. The molecule has 1 rings (SSSR count). The van der Waals surface area contributed by atoms with Crippen molar-refractivity contribution in [3.05, 3.63) is 29.3 Å². The Balaban J connectivity index is 3.02. The van der Waals surface area contributed by atoms with Crippen LogP contribution in [0.5, 0.6) is 5.75 Å². The van der Waals surface area contributed by atoms with Crippen LogP contribution >= 0.6 is 0 Å². The summed E-state index contributed by atoms with van der Waals surface area (Å²) >= 11 is 0. The van der Waals surface area contributed by atoms with Crippen molar-refractivity contribution in [1.82, 2.24) is 5.32 Å². The predicted molar refractivity (Wildman–Crippen MR) is 72.2 cm³/mol. The van der Waals surface area contributed by atoms with Crippen molar-refractivity contribution in [2.24, 2.45) is 0 Å². The van der Waals surface area contributed by atoms with Crippen molar-refractivity contribution >= 4 is 0 Å². The van der Waals surface area contributed by atoms with E-state index in [0.717, 1.165) is 18.7 Å². The summed E-state index contributed by atoms with van der Waals surface area (Å²) in [5.41, 5.74) is 2.39. The van der Waals surface area contributed by atoms with Gasteiger partial charge in [0.15, 0.2) is 0 Å². The normalized spacial score (nSPS) is 11.5. The lowest BCUT2D eigenvalue weighted by molar-refractivity contribution is 0.400. The van der Waals surface area contributed by atoms with Crippen LogP contribution in [-0.4, -0.2) is 13.7 Å². The highest BCUT2D eigenvalue weighted by Gasteiger charge is 2.13. The molecule has 92 valence electrons. The number of benzene rings is 1. The van der Waals surface area contributed by atoms with Crippen LogP contribution in [0.3, 0.4) is 0 Å². The van der Waals surface area contributed by atoms with Crippen molar-refractivity contribution in [2.45, 2.75) is 33.2 Å². The van der Waals surface area contributed by atoms with Crippen LogP contribution in [0, 0.1) is 18.8 Å². The standard InChI is InChI=1S/C15H21NO/c1-5-7-8-14(16-6-2)13-10-9-12(3)11-15(13)17-4/h9-11,14,16H,6,8H2,1-4H3. The summed E-state index contributed by atoms with van der Waals surface area (Å²) in [6.45, 7) is 6.97. The van der Waals surface area contributed by atoms with E-state index in [2.05, 4.69) is 49.2 Å². The van der Waals surface area contributed by atoms with Gasteiger partial charge in [0.25, 0.3) is 0 Å². The van der Waals surface area contributed by atoms with Crippen molar-refractivity contribution in [1.29, 1.82) is 0 Å². The van der Waals surface area contributed by atoms with Gasteiger partial charge in [0.05, 0.1) is 7.11 Å². The predicted octanol–water partition coefficient (Wildman–Crippen LogP) is 3.07. The van der Waals surface area contributed by atoms with Gasteiger partial charge >= 0.3 is 0 Å². The molecular weight excluding hydrogens is 210 g/mol. The summed E-state index contributed by atoms with van der Waals surface area (Å²) < 4.78 is 5.45. The molecule has 0 saturated carbocycles. The van der Waals surface area contributed by atoms with Crippen molar-refractivity contribution in [3.8, 4) is 17.6 Å². The molecule has 0 bridgehead atoms.